The number of nitrogen functional groups attached to an aromatic ring is 1. The minimum absolute atomic E-state index is 0.211. The van der Waals surface area contributed by atoms with Gasteiger partial charge in [-0.05, 0) is 6.07 Å². The lowest BCUT2D eigenvalue weighted by Gasteiger charge is -2.35. The molecule has 1 saturated heterocycles. The van der Waals surface area contributed by atoms with Gasteiger partial charge >= 0.3 is 0 Å². The summed E-state index contributed by atoms with van der Waals surface area (Å²) in [6.07, 6.45) is 0. The number of hydrogen-bond acceptors (Lipinski definition) is 5. The Kier molecular flexibility index (Phi) is 4.04. The van der Waals surface area contributed by atoms with Crippen LogP contribution in [-0.4, -0.2) is 54.3 Å². The van der Waals surface area contributed by atoms with E-state index in [2.05, 4.69) is 14.8 Å². The van der Waals surface area contributed by atoms with Crippen LogP contribution >= 0.6 is 11.6 Å². The Bertz CT molecular complexity index is 359. The van der Waals surface area contributed by atoms with Gasteiger partial charge in [-0.2, -0.15) is 0 Å². The molecule has 0 radical (unpaired) electrons. The van der Waals surface area contributed by atoms with Crippen LogP contribution in [0.15, 0.2) is 12.1 Å². The van der Waals surface area contributed by atoms with Crippen LogP contribution in [0.3, 0.4) is 0 Å². The largest absolute Gasteiger partial charge is 0.399 e. The quantitative estimate of drug-likeness (QED) is 0.768. The molecule has 1 aromatic heterocycles. The zero-order valence-electron chi connectivity index (χ0n) is 9.64. The first-order valence-corrected chi connectivity index (χ1v) is 6.08. The molecular weight excluding hydrogens is 240 g/mol. The molecule has 0 aliphatic carbocycles. The van der Waals surface area contributed by atoms with Gasteiger partial charge in [-0.15, -0.1) is 0 Å². The molecule has 5 nitrogen and oxygen atoms in total. The molecule has 2 rings (SSSR count). The number of nitrogens with two attached hydrogens (primary N) is 1. The monoisotopic (exact) mass is 256 g/mol. The average Bonchev–Trinajstić information content (AvgIpc) is 2.29. The summed E-state index contributed by atoms with van der Waals surface area (Å²) in [7, 11) is 0. The van der Waals surface area contributed by atoms with Crippen molar-refractivity contribution in [2.24, 2.45) is 0 Å². The van der Waals surface area contributed by atoms with Crippen molar-refractivity contribution < 1.29 is 5.11 Å². The maximum atomic E-state index is 8.87. The maximum absolute atomic E-state index is 8.87. The molecule has 94 valence electrons. The molecule has 6 heteroatoms. The summed E-state index contributed by atoms with van der Waals surface area (Å²) >= 11 is 5.89. The van der Waals surface area contributed by atoms with Gasteiger partial charge in [0.25, 0.3) is 0 Å². The molecule has 1 fully saturated rings. The van der Waals surface area contributed by atoms with E-state index < -0.39 is 0 Å². The van der Waals surface area contributed by atoms with E-state index in [1.165, 1.54) is 0 Å². The van der Waals surface area contributed by atoms with Gasteiger partial charge in [0.1, 0.15) is 11.0 Å². The van der Waals surface area contributed by atoms with Crippen molar-refractivity contribution >= 4 is 23.1 Å². The second-order valence-corrected chi connectivity index (χ2v) is 4.52. The first-order valence-electron chi connectivity index (χ1n) is 5.70. The third-order valence-corrected chi connectivity index (χ3v) is 3.11. The summed E-state index contributed by atoms with van der Waals surface area (Å²) in [5, 5.41) is 9.30. The van der Waals surface area contributed by atoms with Crippen molar-refractivity contribution in [3.63, 3.8) is 0 Å². The van der Waals surface area contributed by atoms with Crippen LogP contribution in [0, 0.1) is 0 Å². The summed E-state index contributed by atoms with van der Waals surface area (Å²) in [5.41, 5.74) is 6.38. The van der Waals surface area contributed by atoms with Gasteiger partial charge in [0, 0.05) is 44.5 Å². The highest BCUT2D eigenvalue weighted by atomic mass is 35.5. The van der Waals surface area contributed by atoms with Gasteiger partial charge in [0.2, 0.25) is 0 Å². The lowest BCUT2D eigenvalue weighted by molar-refractivity contribution is 0.188. The molecule has 1 aliphatic heterocycles. The summed E-state index contributed by atoms with van der Waals surface area (Å²) in [6, 6.07) is 3.49. The number of rotatable bonds is 3. The van der Waals surface area contributed by atoms with Crippen molar-refractivity contribution in [1.29, 1.82) is 0 Å². The number of anilines is 2. The van der Waals surface area contributed by atoms with E-state index >= 15 is 0 Å². The molecule has 0 bridgehead atoms. The maximum Gasteiger partial charge on any atom is 0.133 e. The van der Waals surface area contributed by atoms with Crippen LogP contribution in [0.4, 0.5) is 11.5 Å². The van der Waals surface area contributed by atoms with Gasteiger partial charge in [0.05, 0.1) is 6.61 Å². The Morgan fingerprint density at radius 1 is 1.29 bits per heavy atom. The molecule has 1 aliphatic rings. The van der Waals surface area contributed by atoms with E-state index in [4.69, 9.17) is 22.4 Å². The lowest BCUT2D eigenvalue weighted by atomic mass is 10.3. The highest BCUT2D eigenvalue weighted by molar-refractivity contribution is 6.29. The minimum atomic E-state index is 0.211. The fourth-order valence-corrected chi connectivity index (χ4v) is 2.22. The normalized spacial score (nSPS) is 17.4. The van der Waals surface area contributed by atoms with E-state index in [1.807, 2.05) is 6.07 Å². The predicted octanol–water partition coefficient (Wildman–Crippen LogP) is 0.431. The number of aliphatic hydroxyl groups excluding tert-OH is 1. The second kappa shape index (κ2) is 5.53. The number of halogens is 1. The van der Waals surface area contributed by atoms with Crippen molar-refractivity contribution in [2.75, 3.05) is 50.0 Å². The Labute approximate surface area is 106 Å². The van der Waals surface area contributed by atoms with Crippen molar-refractivity contribution in [3.05, 3.63) is 17.3 Å². The standard InChI is InChI=1S/C11H17ClN4O/c12-10-7-9(13)8-11(14-10)16-3-1-15(2-4-16)5-6-17/h7-8,17H,1-6H2,(H2,13,14). The predicted molar refractivity (Wildman–Crippen MR) is 69.4 cm³/mol. The Balaban J connectivity index is 2.00. The highest BCUT2D eigenvalue weighted by Crippen LogP contribution is 2.20. The summed E-state index contributed by atoms with van der Waals surface area (Å²) in [5.74, 6) is 0.832. The van der Waals surface area contributed by atoms with Crippen LogP contribution in [0.2, 0.25) is 5.15 Å². The SMILES string of the molecule is Nc1cc(Cl)nc(N2CCN(CCO)CC2)c1. The van der Waals surface area contributed by atoms with Crippen LogP contribution in [0.1, 0.15) is 0 Å². The fraction of sp³-hybridized carbons (Fsp3) is 0.545. The molecule has 2 heterocycles. The number of hydrogen-bond donors (Lipinski definition) is 2. The molecule has 0 unspecified atom stereocenters. The van der Waals surface area contributed by atoms with Gasteiger partial charge in [-0.3, -0.25) is 4.90 Å². The smallest absolute Gasteiger partial charge is 0.133 e. The minimum Gasteiger partial charge on any atom is -0.399 e. The van der Waals surface area contributed by atoms with E-state index in [-0.39, 0.29) is 6.61 Å². The van der Waals surface area contributed by atoms with Gasteiger partial charge < -0.3 is 15.7 Å². The molecule has 17 heavy (non-hydrogen) atoms. The van der Waals surface area contributed by atoms with Crippen LogP contribution in [0.5, 0.6) is 0 Å². The van der Waals surface area contributed by atoms with Crippen molar-refractivity contribution in [1.82, 2.24) is 9.88 Å². The Hall–Kier alpha value is -1.04. The summed E-state index contributed by atoms with van der Waals surface area (Å²) in [6.45, 7) is 4.56. The Morgan fingerprint density at radius 2 is 2.00 bits per heavy atom. The van der Waals surface area contributed by atoms with Crippen LogP contribution in [0.25, 0.3) is 0 Å². The van der Waals surface area contributed by atoms with Crippen molar-refractivity contribution in [2.45, 2.75) is 0 Å². The Morgan fingerprint density at radius 3 is 2.59 bits per heavy atom. The third-order valence-electron chi connectivity index (χ3n) is 2.92. The molecular formula is C11H17ClN4O. The molecule has 0 spiro atoms. The number of pyridine rings is 1. The molecule has 0 atom stereocenters. The van der Waals surface area contributed by atoms with E-state index in [9.17, 15) is 0 Å². The van der Waals surface area contributed by atoms with Crippen LogP contribution in [-0.2, 0) is 0 Å². The topological polar surface area (TPSA) is 65.6 Å². The summed E-state index contributed by atoms with van der Waals surface area (Å²) < 4.78 is 0. The molecule has 0 aromatic carbocycles. The van der Waals surface area contributed by atoms with E-state index in [0.29, 0.717) is 10.8 Å². The van der Waals surface area contributed by atoms with Gasteiger partial charge in [-0.1, -0.05) is 11.6 Å². The number of aliphatic hydroxyl groups is 1. The third kappa shape index (κ3) is 3.21. The second-order valence-electron chi connectivity index (χ2n) is 4.13. The van der Waals surface area contributed by atoms with E-state index in [1.54, 1.807) is 6.07 Å². The summed E-state index contributed by atoms with van der Waals surface area (Å²) in [4.78, 5) is 8.66. The number of nitrogens with zero attached hydrogens (tertiary/aromatic N) is 3. The van der Waals surface area contributed by atoms with E-state index in [0.717, 1.165) is 38.5 Å². The van der Waals surface area contributed by atoms with Gasteiger partial charge in [-0.25, -0.2) is 4.98 Å². The molecule has 0 amide bonds. The van der Waals surface area contributed by atoms with Crippen molar-refractivity contribution in [3.8, 4) is 0 Å². The number of piperazine rings is 1. The highest BCUT2D eigenvalue weighted by Gasteiger charge is 2.17. The lowest BCUT2D eigenvalue weighted by Crippen LogP contribution is -2.47. The molecule has 3 N–H and O–H groups in total. The first kappa shape index (κ1) is 12.4. The first-order chi connectivity index (χ1) is 8.19. The number of β-amino-alcohol motifs (C(OH)–C–C–N with tert-alkyl or cyclic N) is 1. The molecule has 1 aromatic rings. The number of aromatic nitrogens is 1. The zero-order valence-corrected chi connectivity index (χ0v) is 10.4. The fourth-order valence-electron chi connectivity index (χ4n) is 2.01. The zero-order chi connectivity index (χ0) is 12.3. The van der Waals surface area contributed by atoms with Gasteiger partial charge in [0.15, 0.2) is 0 Å². The average molecular weight is 257 g/mol. The van der Waals surface area contributed by atoms with Crippen LogP contribution < -0.4 is 10.6 Å². The molecule has 0 saturated carbocycles.